The van der Waals surface area contributed by atoms with Crippen molar-refractivity contribution in [1.82, 2.24) is 4.90 Å². The van der Waals surface area contributed by atoms with E-state index in [1.807, 2.05) is 0 Å². The largest absolute Gasteiger partial charge is 0.459 e. The Labute approximate surface area is 147 Å². The summed E-state index contributed by atoms with van der Waals surface area (Å²) < 4.78 is 42.7. The minimum absolute atomic E-state index is 0.211. The minimum atomic E-state index is -4.41. The summed E-state index contributed by atoms with van der Waals surface area (Å²) in [6.07, 6.45) is -2.01. The van der Waals surface area contributed by atoms with Crippen molar-refractivity contribution in [2.75, 3.05) is 18.4 Å². The molecule has 8 heteroatoms. The Morgan fingerprint density at radius 1 is 1.08 bits per heavy atom. The molecule has 0 aliphatic carbocycles. The van der Waals surface area contributed by atoms with Crippen LogP contribution in [-0.4, -0.2) is 29.8 Å². The number of amides is 2. The van der Waals surface area contributed by atoms with Crippen LogP contribution in [0.1, 0.15) is 29.0 Å². The van der Waals surface area contributed by atoms with Crippen LogP contribution in [0.25, 0.3) is 0 Å². The molecule has 1 aromatic heterocycles. The number of hydrogen-bond donors (Lipinski definition) is 1. The number of halogens is 3. The lowest BCUT2D eigenvalue weighted by atomic mass is 9.95. The third-order valence-corrected chi connectivity index (χ3v) is 4.36. The first-order valence-corrected chi connectivity index (χ1v) is 8.15. The number of hydrogen-bond acceptors (Lipinski definition) is 3. The Bertz CT molecular complexity index is 762. The lowest BCUT2D eigenvalue weighted by Gasteiger charge is -2.30. The van der Waals surface area contributed by atoms with Gasteiger partial charge in [-0.2, -0.15) is 13.2 Å². The van der Waals surface area contributed by atoms with Gasteiger partial charge in [-0.1, -0.05) is 0 Å². The molecule has 138 valence electrons. The van der Waals surface area contributed by atoms with Crippen molar-refractivity contribution in [3.63, 3.8) is 0 Å². The molecule has 2 amide bonds. The average molecular weight is 366 g/mol. The Hall–Kier alpha value is -2.77. The van der Waals surface area contributed by atoms with Crippen molar-refractivity contribution < 1.29 is 27.2 Å². The summed E-state index contributed by atoms with van der Waals surface area (Å²) in [5.74, 6) is -0.498. The van der Waals surface area contributed by atoms with Crippen LogP contribution in [0.5, 0.6) is 0 Å². The first-order valence-electron chi connectivity index (χ1n) is 8.15. The van der Waals surface area contributed by atoms with Crippen molar-refractivity contribution in [3.8, 4) is 0 Å². The molecule has 26 heavy (non-hydrogen) atoms. The van der Waals surface area contributed by atoms with Crippen LogP contribution >= 0.6 is 0 Å². The van der Waals surface area contributed by atoms with Crippen LogP contribution in [0.2, 0.25) is 0 Å². The van der Waals surface area contributed by atoms with Gasteiger partial charge in [-0.25, -0.2) is 0 Å². The Kier molecular flexibility index (Phi) is 5.01. The fourth-order valence-corrected chi connectivity index (χ4v) is 2.89. The van der Waals surface area contributed by atoms with Gasteiger partial charge in [0.25, 0.3) is 5.91 Å². The number of furan rings is 1. The summed E-state index contributed by atoms with van der Waals surface area (Å²) in [6, 6.07) is 7.55. The quantitative estimate of drug-likeness (QED) is 0.899. The van der Waals surface area contributed by atoms with Crippen molar-refractivity contribution in [3.05, 3.63) is 54.0 Å². The van der Waals surface area contributed by atoms with Gasteiger partial charge in [-0.15, -0.1) is 0 Å². The number of piperidine rings is 1. The van der Waals surface area contributed by atoms with Crippen molar-refractivity contribution in [2.45, 2.75) is 19.0 Å². The molecule has 0 saturated carbocycles. The first kappa shape index (κ1) is 18.0. The first-order chi connectivity index (χ1) is 12.3. The molecule has 1 aliphatic rings. The number of carbonyl (C=O) groups is 2. The van der Waals surface area contributed by atoms with E-state index < -0.39 is 11.7 Å². The zero-order chi connectivity index (χ0) is 18.7. The molecular weight excluding hydrogens is 349 g/mol. The molecule has 1 fully saturated rings. The smallest absolute Gasteiger partial charge is 0.416 e. The molecule has 3 rings (SSSR count). The van der Waals surface area contributed by atoms with Gasteiger partial charge in [0, 0.05) is 24.7 Å². The molecule has 0 atom stereocenters. The highest BCUT2D eigenvalue weighted by Gasteiger charge is 2.31. The second kappa shape index (κ2) is 7.23. The van der Waals surface area contributed by atoms with Crippen molar-refractivity contribution in [1.29, 1.82) is 0 Å². The van der Waals surface area contributed by atoms with Gasteiger partial charge in [0.1, 0.15) is 0 Å². The molecule has 1 N–H and O–H groups in total. The number of nitrogens with zero attached hydrogens (tertiary/aromatic N) is 1. The van der Waals surface area contributed by atoms with Crippen LogP contribution in [-0.2, 0) is 11.0 Å². The predicted molar refractivity (Wildman–Crippen MR) is 87.4 cm³/mol. The van der Waals surface area contributed by atoms with E-state index in [9.17, 15) is 22.8 Å². The molecule has 0 spiro atoms. The number of benzene rings is 1. The van der Waals surface area contributed by atoms with Gasteiger partial charge < -0.3 is 14.6 Å². The van der Waals surface area contributed by atoms with Crippen LogP contribution < -0.4 is 5.32 Å². The van der Waals surface area contributed by atoms with Crippen LogP contribution in [0.4, 0.5) is 18.9 Å². The van der Waals surface area contributed by atoms with Gasteiger partial charge >= 0.3 is 6.18 Å². The number of nitrogens with one attached hydrogen (secondary N) is 1. The summed E-state index contributed by atoms with van der Waals surface area (Å²) in [5, 5.41) is 2.63. The maximum absolute atomic E-state index is 12.6. The maximum atomic E-state index is 12.6. The second-order valence-corrected chi connectivity index (χ2v) is 6.11. The van der Waals surface area contributed by atoms with Crippen LogP contribution in [0.3, 0.4) is 0 Å². The van der Waals surface area contributed by atoms with Crippen molar-refractivity contribution >= 4 is 17.5 Å². The number of likely N-dealkylation sites (tertiary alicyclic amines) is 1. The predicted octanol–water partition coefficient (Wildman–Crippen LogP) is 3.79. The van der Waals surface area contributed by atoms with Gasteiger partial charge in [-0.05, 0) is 49.2 Å². The summed E-state index contributed by atoms with van der Waals surface area (Å²) >= 11 is 0. The van der Waals surface area contributed by atoms with Crippen LogP contribution in [0.15, 0.2) is 47.1 Å². The van der Waals surface area contributed by atoms with E-state index in [-0.39, 0.29) is 23.5 Å². The van der Waals surface area contributed by atoms with E-state index in [4.69, 9.17) is 4.42 Å². The van der Waals surface area contributed by atoms with Gasteiger partial charge in [0.05, 0.1) is 11.8 Å². The van der Waals surface area contributed by atoms with Gasteiger partial charge in [-0.3, -0.25) is 9.59 Å². The lowest BCUT2D eigenvalue weighted by molar-refractivity contribution is -0.137. The molecule has 0 bridgehead atoms. The van der Waals surface area contributed by atoms with E-state index in [0.29, 0.717) is 31.6 Å². The molecule has 0 radical (unpaired) electrons. The van der Waals surface area contributed by atoms with Gasteiger partial charge in [0.15, 0.2) is 5.76 Å². The molecular formula is C18H17F3N2O3. The van der Waals surface area contributed by atoms with Crippen molar-refractivity contribution in [2.24, 2.45) is 5.92 Å². The fourth-order valence-electron chi connectivity index (χ4n) is 2.89. The molecule has 1 aliphatic heterocycles. The summed E-state index contributed by atoms with van der Waals surface area (Å²) in [7, 11) is 0. The van der Waals surface area contributed by atoms with E-state index >= 15 is 0 Å². The Morgan fingerprint density at radius 3 is 2.27 bits per heavy atom. The molecule has 2 aromatic rings. The standard InChI is InChI=1S/C18H17F3N2O3/c19-18(20,21)13-3-5-14(6-4-13)22-16(24)12-7-9-23(10-8-12)17(25)15-2-1-11-26-15/h1-6,11-12H,7-10H2,(H,22,24). The summed E-state index contributed by atoms with van der Waals surface area (Å²) in [4.78, 5) is 26.1. The summed E-state index contributed by atoms with van der Waals surface area (Å²) in [5.41, 5.74) is -0.447. The minimum Gasteiger partial charge on any atom is -0.459 e. The monoisotopic (exact) mass is 366 g/mol. The summed E-state index contributed by atoms with van der Waals surface area (Å²) in [6.45, 7) is 0.843. The highest BCUT2D eigenvalue weighted by atomic mass is 19.4. The maximum Gasteiger partial charge on any atom is 0.416 e. The second-order valence-electron chi connectivity index (χ2n) is 6.11. The fraction of sp³-hybridized carbons (Fsp3) is 0.333. The Balaban J connectivity index is 1.53. The van der Waals surface area contributed by atoms with Crippen LogP contribution in [0, 0.1) is 5.92 Å². The third-order valence-electron chi connectivity index (χ3n) is 4.36. The van der Waals surface area contributed by atoms with E-state index in [0.717, 1.165) is 12.1 Å². The highest BCUT2D eigenvalue weighted by Crippen LogP contribution is 2.30. The van der Waals surface area contributed by atoms with Gasteiger partial charge in [0.2, 0.25) is 5.91 Å². The molecule has 1 aromatic carbocycles. The normalized spacial score (nSPS) is 15.7. The van der Waals surface area contributed by atoms with E-state index in [1.54, 1.807) is 17.0 Å². The number of rotatable bonds is 3. The van der Waals surface area contributed by atoms with E-state index in [1.165, 1.54) is 18.4 Å². The molecule has 2 heterocycles. The zero-order valence-electron chi connectivity index (χ0n) is 13.8. The topological polar surface area (TPSA) is 62.6 Å². The molecule has 1 saturated heterocycles. The number of anilines is 1. The van der Waals surface area contributed by atoms with E-state index in [2.05, 4.69) is 5.32 Å². The molecule has 0 unspecified atom stereocenters. The highest BCUT2D eigenvalue weighted by molar-refractivity contribution is 5.94. The Morgan fingerprint density at radius 2 is 1.73 bits per heavy atom. The third kappa shape index (κ3) is 4.07. The number of alkyl halides is 3. The lowest BCUT2D eigenvalue weighted by Crippen LogP contribution is -2.41. The zero-order valence-corrected chi connectivity index (χ0v) is 13.8. The average Bonchev–Trinajstić information content (AvgIpc) is 3.15. The SMILES string of the molecule is O=C(Nc1ccc(C(F)(F)F)cc1)C1CCN(C(=O)c2ccco2)CC1. The molecule has 5 nitrogen and oxygen atoms in total. The number of carbonyl (C=O) groups excluding carboxylic acids is 2.